The molecule has 0 saturated carbocycles. The summed E-state index contributed by atoms with van der Waals surface area (Å²) in [5.74, 6) is -0.885. The van der Waals surface area contributed by atoms with Crippen molar-refractivity contribution < 1.29 is 18.7 Å². The lowest BCUT2D eigenvalue weighted by Gasteiger charge is -2.35. The highest BCUT2D eigenvalue weighted by atomic mass is 19.1. The summed E-state index contributed by atoms with van der Waals surface area (Å²) in [6.07, 6.45) is 0.156. The van der Waals surface area contributed by atoms with Crippen LogP contribution in [0.25, 0.3) is 0 Å². The van der Waals surface area contributed by atoms with Gasteiger partial charge in [0.1, 0.15) is 5.82 Å². The Hall–Kier alpha value is -2.93. The zero-order valence-electron chi connectivity index (χ0n) is 16.7. The maximum absolute atomic E-state index is 14.1. The largest absolute Gasteiger partial charge is 0.376 e. The molecule has 2 amide bonds. The fraction of sp³-hybridized carbons (Fsp3) is 0.364. The van der Waals surface area contributed by atoms with Gasteiger partial charge in [-0.15, -0.1) is 0 Å². The van der Waals surface area contributed by atoms with Crippen molar-refractivity contribution in [2.24, 2.45) is 0 Å². The minimum absolute atomic E-state index is 0.0000456. The van der Waals surface area contributed by atoms with E-state index in [1.807, 2.05) is 44.2 Å². The summed E-state index contributed by atoms with van der Waals surface area (Å²) in [6, 6.07) is 13.6. The first-order chi connectivity index (χ1) is 13.9. The Morgan fingerprint density at radius 1 is 1.10 bits per heavy atom. The van der Waals surface area contributed by atoms with E-state index in [0.717, 1.165) is 5.56 Å². The minimum atomic E-state index is -0.529. The van der Waals surface area contributed by atoms with Crippen LogP contribution >= 0.6 is 0 Å². The molecule has 0 radical (unpaired) electrons. The maximum atomic E-state index is 14.1. The number of ether oxygens (including phenoxy) is 1. The molecule has 1 aliphatic rings. The van der Waals surface area contributed by atoms with Gasteiger partial charge in [0, 0.05) is 18.8 Å². The van der Waals surface area contributed by atoms with E-state index in [4.69, 9.17) is 4.74 Å². The topological polar surface area (TPSA) is 70.7 Å². The maximum Gasteiger partial charge on any atom is 0.242 e. The zero-order chi connectivity index (χ0) is 20.8. The Kier molecular flexibility index (Phi) is 6.82. The van der Waals surface area contributed by atoms with Gasteiger partial charge in [-0.25, -0.2) is 4.39 Å². The molecular formula is C22H26FN3O3. The molecule has 1 saturated heterocycles. The third-order valence-electron chi connectivity index (χ3n) is 4.66. The molecule has 0 spiro atoms. The van der Waals surface area contributed by atoms with Gasteiger partial charge in [-0.2, -0.15) is 0 Å². The van der Waals surface area contributed by atoms with E-state index in [-0.39, 0.29) is 42.7 Å². The SMILES string of the molecule is CC1CN(C(=O)CNc2ccc(F)c(NC(=O)Cc3ccccc3)c2)CC(C)O1. The molecule has 2 N–H and O–H groups in total. The Morgan fingerprint density at radius 2 is 1.79 bits per heavy atom. The van der Waals surface area contributed by atoms with Gasteiger partial charge in [-0.3, -0.25) is 9.59 Å². The fourth-order valence-electron chi connectivity index (χ4n) is 3.38. The lowest BCUT2D eigenvalue weighted by atomic mass is 10.1. The first kappa shape index (κ1) is 20.8. The number of carbonyl (C=O) groups is 2. The number of hydrogen-bond donors (Lipinski definition) is 2. The monoisotopic (exact) mass is 399 g/mol. The summed E-state index contributed by atoms with van der Waals surface area (Å²) in [4.78, 5) is 26.4. The smallest absolute Gasteiger partial charge is 0.242 e. The molecule has 29 heavy (non-hydrogen) atoms. The predicted molar refractivity (Wildman–Crippen MR) is 110 cm³/mol. The van der Waals surface area contributed by atoms with Crippen LogP contribution in [-0.4, -0.2) is 48.6 Å². The van der Waals surface area contributed by atoms with Crippen LogP contribution in [0.3, 0.4) is 0 Å². The molecule has 0 aromatic heterocycles. The number of carbonyl (C=O) groups excluding carboxylic acids is 2. The Morgan fingerprint density at radius 3 is 2.48 bits per heavy atom. The van der Waals surface area contributed by atoms with Gasteiger partial charge in [0.15, 0.2) is 0 Å². The van der Waals surface area contributed by atoms with E-state index >= 15 is 0 Å². The number of halogens is 1. The molecule has 2 aromatic carbocycles. The van der Waals surface area contributed by atoms with Crippen molar-refractivity contribution in [3.05, 3.63) is 59.9 Å². The number of hydrogen-bond acceptors (Lipinski definition) is 4. The lowest BCUT2D eigenvalue weighted by Crippen LogP contribution is -2.49. The Balaban J connectivity index is 1.57. The first-order valence-electron chi connectivity index (χ1n) is 9.71. The van der Waals surface area contributed by atoms with Gasteiger partial charge in [0.2, 0.25) is 11.8 Å². The highest BCUT2D eigenvalue weighted by Gasteiger charge is 2.25. The van der Waals surface area contributed by atoms with E-state index in [9.17, 15) is 14.0 Å². The minimum Gasteiger partial charge on any atom is -0.376 e. The second-order valence-corrected chi connectivity index (χ2v) is 7.31. The predicted octanol–water partition coefficient (Wildman–Crippen LogP) is 3.05. The summed E-state index contributed by atoms with van der Waals surface area (Å²) in [5, 5.41) is 5.61. The van der Waals surface area contributed by atoms with Crippen LogP contribution in [0.15, 0.2) is 48.5 Å². The van der Waals surface area contributed by atoms with Crippen molar-refractivity contribution in [3.63, 3.8) is 0 Å². The molecule has 1 aliphatic heterocycles. The van der Waals surface area contributed by atoms with Gasteiger partial charge in [-0.05, 0) is 37.6 Å². The third-order valence-corrected chi connectivity index (χ3v) is 4.66. The van der Waals surface area contributed by atoms with Gasteiger partial charge in [-0.1, -0.05) is 30.3 Å². The molecule has 1 heterocycles. The summed E-state index contributed by atoms with van der Waals surface area (Å²) in [5.41, 5.74) is 1.49. The number of morpholine rings is 1. The number of anilines is 2. The summed E-state index contributed by atoms with van der Waals surface area (Å²) in [6.45, 7) is 5.06. The molecule has 3 rings (SSSR count). The molecule has 2 atom stereocenters. The average Bonchev–Trinajstić information content (AvgIpc) is 2.68. The molecule has 0 bridgehead atoms. The number of nitrogens with one attached hydrogen (secondary N) is 2. The van der Waals surface area contributed by atoms with E-state index in [2.05, 4.69) is 10.6 Å². The van der Waals surface area contributed by atoms with Crippen molar-refractivity contribution in [2.75, 3.05) is 30.3 Å². The van der Waals surface area contributed by atoms with Crippen molar-refractivity contribution in [1.82, 2.24) is 4.90 Å². The number of benzene rings is 2. The molecule has 0 aliphatic carbocycles. The van der Waals surface area contributed by atoms with Crippen molar-refractivity contribution >= 4 is 23.2 Å². The average molecular weight is 399 g/mol. The van der Waals surface area contributed by atoms with Crippen LogP contribution in [0.4, 0.5) is 15.8 Å². The summed E-state index contributed by atoms with van der Waals surface area (Å²) >= 11 is 0. The highest BCUT2D eigenvalue weighted by molar-refractivity contribution is 5.93. The van der Waals surface area contributed by atoms with E-state index < -0.39 is 5.82 Å². The van der Waals surface area contributed by atoms with Crippen molar-refractivity contribution in [3.8, 4) is 0 Å². The van der Waals surface area contributed by atoms with Gasteiger partial charge < -0.3 is 20.3 Å². The third kappa shape index (κ3) is 6.02. The van der Waals surface area contributed by atoms with E-state index in [1.165, 1.54) is 12.1 Å². The van der Waals surface area contributed by atoms with Gasteiger partial charge in [0.05, 0.1) is 30.9 Å². The van der Waals surface area contributed by atoms with Crippen LogP contribution in [0.5, 0.6) is 0 Å². The number of rotatable bonds is 6. The quantitative estimate of drug-likeness (QED) is 0.783. The standard InChI is InChI=1S/C22H26FN3O3/c1-15-13-26(14-16(2)29-15)22(28)12-24-18-8-9-19(23)20(11-18)25-21(27)10-17-6-4-3-5-7-17/h3-9,11,15-16,24H,10,12-14H2,1-2H3,(H,25,27). The van der Waals surface area contributed by atoms with Crippen molar-refractivity contribution in [1.29, 1.82) is 0 Å². The Bertz CT molecular complexity index is 850. The molecular weight excluding hydrogens is 373 g/mol. The van der Waals surface area contributed by atoms with Crippen LogP contribution in [0, 0.1) is 5.82 Å². The highest BCUT2D eigenvalue weighted by Crippen LogP contribution is 2.20. The normalized spacial score (nSPS) is 18.9. The molecule has 2 unspecified atom stereocenters. The number of amides is 2. The van der Waals surface area contributed by atoms with E-state index in [1.54, 1.807) is 11.0 Å². The van der Waals surface area contributed by atoms with Crippen molar-refractivity contribution in [2.45, 2.75) is 32.5 Å². The summed E-state index contributed by atoms with van der Waals surface area (Å²) in [7, 11) is 0. The molecule has 2 aromatic rings. The second kappa shape index (κ2) is 9.52. The fourth-order valence-corrected chi connectivity index (χ4v) is 3.38. The second-order valence-electron chi connectivity index (χ2n) is 7.31. The molecule has 6 nitrogen and oxygen atoms in total. The van der Waals surface area contributed by atoms with Crippen LogP contribution in [-0.2, 0) is 20.7 Å². The van der Waals surface area contributed by atoms with Gasteiger partial charge >= 0.3 is 0 Å². The molecule has 7 heteroatoms. The molecule has 1 fully saturated rings. The lowest BCUT2D eigenvalue weighted by molar-refractivity contribution is -0.141. The molecule has 154 valence electrons. The van der Waals surface area contributed by atoms with Gasteiger partial charge in [0.25, 0.3) is 0 Å². The Labute approximate surface area is 170 Å². The van der Waals surface area contributed by atoms with Crippen LogP contribution in [0.2, 0.25) is 0 Å². The van der Waals surface area contributed by atoms with Crippen LogP contribution < -0.4 is 10.6 Å². The zero-order valence-corrected chi connectivity index (χ0v) is 16.7. The first-order valence-corrected chi connectivity index (χ1v) is 9.71. The van der Waals surface area contributed by atoms with Crippen LogP contribution in [0.1, 0.15) is 19.4 Å². The number of nitrogens with zero attached hydrogens (tertiary/aromatic N) is 1. The van der Waals surface area contributed by atoms with E-state index in [0.29, 0.717) is 18.8 Å². The summed E-state index contributed by atoms with van der Waals surface area (Å²) < 4.78 is 19.8.